The minimum atomic E-state index is -1.04. The lowest BCUT2D eigenvalue weighted by atomic mass is 10.1. The fraction of sp³-hybridized carbons (Fsp3) is 0.188. The molecule has 0 heterocycles. The van der Waals surface area contributed by atoms with Gasteiger partial charge in [-0.15, -0.1) is 0 Å². The van der Waals surface area contributed by atoms with E-state index < -0.39 is 16.9 Å². The first kappa shape index (κ1) is 16.4. The highest BCUT2D eigenvalue weighted by atomic mass is 16.6. The smallest absolute Gasteiger partial charge is 0.321 e. The van der Waals surface area contributed by atoms with Crippen LogP contribution in [0.5, 0.6) is 5.75 Å². The number of nitro groups is 1. The van der Waals surface area contributed by atoms with E-state index in [4.69, 9.17) is 0 Å². The van der Waals surface area contributed by atoms with Crippen molar-refractivity contribution in [2.24, 2.45) is 0 Å². The van der Waals surface area contributed by atoms with Gasteiger partial charge < -0.3 is 10.2 Å². The topological polar surface area (TPSA) is 113 Å². The lowest BCUT2D eigenvalue weighted by Crippen LogP contribution is -2.38. The number of nitrogens with zero attached hydrogens (tertiary/aromatic N) is 1. The summed E-state index contributed by atoms with van der Waals surface area (Å²) < 4.78 is 0. The number of aliphatic carboxylic acids is 1. The van der Waals surface area contributed by atoms with Crippen molar-refractivity contribution in [1.29, 1.82) is 0 Å². The minimum Gasteiger partial charge on any atom is -0.508 e. The van der Waals surface area contributed by atoms with Crippen molar-refractivity contribution in [2.75, 3.05) is 0 Å². The molecule has 0 fully saturated rings. The van der Waals surface area contributed by atoms with E-state index in [1.807, 2.05) is 30.3 Å². The van der Waals surface area contributed by atoms with Crippen LogP contribution >= 0.6 is 0 Å². The molecule has 2 aromatic rings. The third-order valence-corrected chi connectivity index (χ3v) is 3.38. The molecule has 0 amide bonds. The SMILES string of the molecule is O=C(O)C(Cc1ccccc1)NCc1cc(O)ccc1[N+](=O)[O-]. The van der Waals surface area contributed by atoms with Gasteiger partial charge in [-0.1, -0.05) is 30.3 Å². The van der Waals surface area contributed by atoms with E-state index in [2.05, 4.69) is 5.32 Å². The summed E-state index contributed by atoms with van der Waals surface area (Å²) in [7, 11) is 0. The van der Waals surface area contributed by atoms with Gasteiger partial charge in [0.15, 0.2) is 0 Å². The number of carboxylic acids is 1. The lowest BCUT2D eigenvalue weighted by Gasteiger charge is -2.15. The van der Waals surface area contributed by atoms with Crippen LogP contribution < -0.4 is 5.32 Å². The lowest BCUT2D eigenvalue weighted by molar-refractivity contribution is -0.385. The van der Waals surface area contributed by atoms with Gasteiger partial charge in [0.25, 0.3) is 5.69 Å². The molecule has 0 aliphatic heterocycles. The summed E-state index contributed by atoms with van der Waals surface area (Å²) in [5, 5.41) is 32.5. The largest absolute Gasteiger partial charge is 0.508 e. The summed E-state index contributed by atoms with van der Waals surface area (Å²) >= 11 is 0. The summed E-state index contributed by atoms with van der Waals surface area (Å²) in [4.78, 5) is 21.8. The van der Waals surface area contributed by atoms with Crippen molar-refractivity contribution in [3.8, 4) is 5.75 Å². The number of nitrogens with one attached hydrogen (secondary N) is 1. The number of rotatable bonds is 7. The summed E-state index contributed by atoms with van der Waals surface area (Å²) in [6.45, 7) is -0.0332. The summed E-state index contributed by atoms with van der Waals surface area (Å²) in [6, 6.07) is 11.9. The van der Waals surface area contributed by atoms with Crippen LogP contribution in [0.1, 0.15) is 11.1 Å². The number of benzene rings is 2. The maximum atomic E-state index is 11.4. The van der Waals surface area contributed by atoms with Crippen molar-refractivity contribution < 1.29 is 19.9 Å². The van der Waals surface area contributed by atoms with Gasteiger partial charge >= 0.3 is 5.97 Å². The first-order valence-electron chi connectivity index (χ1n) is 6.94. The van der Waals surface area contributed by atoms with Crippen LogP contribution in [0, 0.1) is 10.1 Å². The summed E-state index contributed by atoms with van der Waals surface area (Å²) in [6.07, 6.45) is 0.253. The molecule has 2 aromatic carbocycles. The highest BCUT2D eigenvalue weighted by Crippen LogP contribution is 2.23. The van der Waals surface area contributed by atoms with Crippen molar-refractivity contribution in [3.63, 3.8) is 0 Å². The van der Waals surface area contributed by atoms with Gasteiger partial charge in [0.1, 0.15) is 11.8 Å². The third kappa shape index (κ3) is 4.52. The quantitative estimate of drug-likeness (QED) is 0.532. The second-order valence-electron chi connectivity index (χ2n) is 5.03. The number of phenols is 1. The number of nitro benzene ring substituents is 1. The number of carbonyl (C=O) groups is 1. The van der Waals surface area contributed by atoms with Crippen molar-refractivity contribution in [3.05, 3.63) is 69.8 Å². The van der Waals surface area contributed by atoms with E-state index in [1.165, 1.54) is 18.2 Å². The van der Waals surface area contributed by atoms with Gasteiger partial charge in [-0.05, 0) is 24.1 Å². The Labute approximate surface area is 132 Å². The van der Waals surface area contributed by atoms with Gasteiger partial charge in [-0.3, -0.25) is 20.2 Å². The molecule has 0 aliphatic carbocycles. The molecule has 7 heteroatoms. The summed E-state index contributed by atoms with van der Waals surface area (Å²) in [5.41, 5.74) is 0.909. The van der Waals surface area contributed by atoms with Crippen LogP contribution in [0.25, 0.3) is 0 Å². The third-order valence-electron chi connectivity index (χ3n) is 3.38. The van der Waals surface area contributed by atoms with Crippen LogP contribution in [0.2, 0.25) is 0 Å². The Morgan fingerprint density at radius 2 is 1.91 bits per heavy atom. The fourth-order valence-corrected chi connectivity index (χ4v) is 2.22. The first-order chi connectivity index (χ1) is 11.0. The maximum absolute atomic E-state index is 11.4. The Balaban J connectivity index is 2.12. The molecule has 0 aromatic heterocycles. The number of hydrogen-bond acceptors (Lipinski definition) is 5. The van der Waals surface area contributed by atoms with E-state index in [-0.39, 0.29) is 30.0 Å². The van der Waals surface area contributed by atoms with Gasteiger partial charge in [0, 0.05) is 18.2 Å². The molecule has 0 aliphatic rings. The molecular formula is C16H16N2O5. The zero-order valence-corrected chi connectivity index (χ0v) is 12.2. The van der Waals surface area contributed by atoms with E-state index in [0.29, 0.717) is 0 Å². The van der Waals surface area contributed by atoms with E-state index in [1.54, 1.807) is 0 Å². The first-order valence-corrected chi connectivity index (χ1v) is 6.94. The molecule has 120 valence electrons. The minimum absolute atomic E-state index is 0.0332. The van der Waals surface area contributed by atoms with Crippen LogP contribution in [0.15, 0.2) is 48.5 Å². The Kier molecular flexibility index (Phi) is 5.27. The number of aromatic hydroxyl groups is 1. The number of hydrogen-bond donors (Lipinski definition) is 3. The van der Waals surface area contributed by atoms with Crippen LogP contribution in [0.4, 0.5) is 5.69 Å². The molecule has 1 unspecified atom stereocenters. The molecule has 0 radical (unpaired) electrons. The molecule has 0 spiro atoms. The van der Waals surface area contributed by atoms with Gasteiger partial charge in [-0.2, -0.15) is 0 Å². The standard InChI is InChI=1S/C16H16N2O5/c19-13-6-7-15(18(22)23)12(9-13)10-17-14(16(20)21)8-11-4-2-1-3-5-11/h1-7,9,14,17,19H,8,10H2,(H,20,21). The van der Waals surface area contributed by atoms with E-state index in [9.17, 15) is 25.1 Å². The predicted molar refractivity (Wildman–Crippen MR) is 83.2 cm³/mol. The molecule has 1 atom stereocenters. The van der Waals surface area contributed by atoms with Gasteiger partial charge in [0.2, 0.25) is 0 Å². The zero-order chi connectivity index (χ0) is 16.8. The molecule has 7 nitrogen and oxygen atoms in total. The Morgan fingerprint density at radius 1 is 1.22 bits per heavy atom. The monoisotopic (exact) mass is 316 g/mol. The Bertz CT molecular complexity index is 703. The second kappa shape index (κ2) is 7.37. The summed E-state index contributed by atoms with van der Waals surface area (Å²) in [5.74, 6) is -1.15. The maximum Gasteiger partial charge on any atom is 0.321 e. The number of phenolic OH excluding ortho intramolecular Hbond substituents is 1. The van der Waals surface area contributed by atoms with Gasteiger partial charge in [0.05, 0.1) is 4.92 Å². The molecule has 23 heavy (non-hydrogen) atoms. The van der Waals surface area contributed by atoms with Crippen LogP contribution in [0.3, 0.4) is 0 Å². The predicted octanol–water partition coefficient (Wildman–Crippen LogP) is 2.09. The molecule has 0 saturated carbocycles. The molecule has 3 N–H and O–H groups in total. The molecule has 2 rings (SSSR count). The fourth-order valence-electron chi connectivity index (χ4n) is 2.22. The average molecular weight is 316 g/mol. The second-order valence-corrected chi connectivity index (χ2v) is 5.03. The van der Waals surface area contributed by atoms with Crippen molar-refractivity contribution in [1.82, 2.24) is 5.32 Å². The van der Waals surface area contributed by atoms with Crippen LogP contribution in [-0.2, 0) is 17.8 Å². The molecule has 0 saturated heterocycles. The van der Waals surface area contributed by atoms with Crippen LogP contribution in [-0.4, -0.2) is 27.1 Å². The normalized spacial score (nSPS) is 11.8. The Morgan fingerprint density at radius 3 is 2.52 bits per heavy atom. The average Bonchev–Trinajstić information content (AvgIpc) is 2.51. The van der Waals surface area contributed by atoms with E-state index >= 15 is 0 Å². The highest BCUT2D eigenvalue weighted by Gasteiger charge is 2.20. The van der Waals surface area contributed by atoms with Crippen molar-refractivity contribution in [2.45, 2.75) is 19.0 Å². The molecule has 0 bridgehead atoms. The van der Waals surface area contributed by atoms with Crippen molar-refractivity contribution >= 4 is 11.7 Å². The number of carboxylic acid groups (broad SMARTS) is 1. The highest BCUT2D eigenvalue weighted by molar-refractivity contribution is 5.74. The molecular weight excluding hydrogens is 300 g/mol. The zero-order valence-electron chi connectivity index (χ0n) is 12.2. The van der Waals surface area contributed by atoms with E-state index in [0.717, 1.165) is 5.56 Å². The Hall–Kier alpha value is -2.93. The van der Waals surface area contributed by atoms with Gasteiger partial charge in [-0.25, -0.2) is 0 Å².